The number of hydrogen-bond donors (Lipinski definition) is 3. The molecule has 1 aliphatic heterocycles. The number of carbonyl (C=O) groups excluding carboxylic acids is 2. The van der Waals surface area contributed by atoms with Gasteiger partial charge in [0.25, 0.3) is 5.91 Å². The van der Waals surface area contributed by atoms with E-state index in [1.165, 1.54) is 24.4 Å². The molecule has 1 saturated heterocycles. The predicted molar refractivity (Wildman–Crippen MR) is 138 cm³/mol. The van der Waals surface area contributed by atoms with E-state index in [-0.39, 0.29) is 16.8 Å². The van der Waals surface area contributed by atoms with Crippen molar-refractivity contribution in [1.29, 1.82) is 0 Å². The molecule has 208 valence electrons. The number of amides is 1. The predicted octanol–water partition coefficient (Wildman–Crippen LogP) is 2.09. The van der Waals surface area contributed by atoms with Gasteiger partial charge in [-0.05, 0) is 36.4 Å². The van der Waals surface area contributed by atoms with E-state index in [1.54, 1.807) is 24.3 Å². The lowest BCUT2D eigenvalue weighted by molar-refractivity contribution is -0.143. The number of benzene rings is 1. The monoisotopic (exact) mass is 559 g/mol. The maximum Gasteiger partial charge on any atom is 0.330 e. The van der Waals surface area contributed by atoms with Gasteiger partial charge in [0.15, 0.2) is 20.9 Å². The van der Waals surface area contributed by atoms with Gasteiger partial charge in [-0.25, -0.2) is 18.2 Å². The smallest absolute Gasteiger partial charge is 0.330 e. The Morgan fingerprint density at radius 1 is 1.13 bits per heavy atom. The molecular weight excluding hydrogens is 530 g/mol. The molecule has 3 aromatic rings. The van der Waals surface area contributed by atoms with Crippen molar-refractivity contribution >= 4 is 21.7 Å². The zero-order valence-corrected chi connectivity index (χ0v) is 22.2. The molecule has 2 aromatic heterocycles. The summed E-state index contributed by atoms with van der Waals surface area (Å²) < 4.78 is 45.6. The molecule has 0 radical (unpaired) electrons. The van der Waals surface area contributed by atoms with E-state index in [0.717, 1.165) is 26.2 Å². The van der Waals surface area contributed by atoms with Gasteiger partial charge in [-0.15, -0.1) is 0 Å². The highest BCUT2D eigenvalue weighted by molar-refractivity contribution is 7.90. The lowest BCUT2D eigenvalue weighted by Crippen LogP contribution is -2.44. The Hall–Kier alpha value is -3.94. The molecule has 3 heterocycles. The van der Waals surface area contributed by atoms with Crippen LogP contribution in [0.25, 0.3) is 11.3 Å². The highest BCUT2D eigenvalue weighted by Gasteiger charge is 2.22. The molecule has 12 nitrogen and oxygen atoms in total. The quantitative estimate of drug-likeness (QED) is 0.313. The minimum Gasteiger partial charge on any atom is -0.490 e. The van der Waals surface area contributed by atoms with Crippen molar-refractivity contribution < 1.29 is 42.1 Å². The summed E-state index contributed by atoms with van der Waals surface area (Å²) >= 11 is 0. The van der Waals surface area contributed by atoms with Crippen LogP contribution in [0.2, 0.25) is 0 Å². The Labute approximate surface area is 225 Å². The molecule has 1 aliphatic rings. The second kappa shape index (κ2) is 12.3. The molecule has 0 bridgehead atoms. The Bertz CT molecular complexity index is 1410. The summed E-state index contributed by atoms with van der Waals surface area (Å²) in [5.74, 6) is -0.122. The number of aromatic nitrogens is 2. The maximum absolute atomic E-state index is 12.6. The van der Waals surface area contributed by atoms with Crippen LogP contribution >= 0.6 is 0 Å². The molecule has 1 atom stereocenters. The molecule has 4 rings (SSSR count). The van der Waals surface area contributed by atoms with E-state index in [0.29, 0.717) is 41.7 Å². The van der Waals surface area contributed by atoms with Gasteiger partial charge < -0.3 is 34.4 Å². The van der Waals surface area contributed by atoms with Crippen molar-refractivity contribution in [2.24, 2.45) is 0 Å². The number of H-pyrrole nitrogens is 1. The van der Waals surface area contributed by atoms with E-state index in [4.69, 9.17) is 14.2 Å². The number of nitrogens with zero attached hydrogens (tertiary/aromatic N) is 1. The Morgan fingerprint density at radius 2 is 1.87 bits per heavy atom. The first-order chi connectivity index (χ1) is 18.7. The fourth-order valence-electron chi connectivity index (χ4n) is 3.88. The summed E-state index contributed by atoms with van der Waals surface area (Å²) in [6.45, 7) is 0.585. The molecule has 1 aromatic carbocycles. The summed E-state index contributed by atoms with van der Waals surface area (Å²) in [5.41, 5.74) is 1.36. The number of aliphatic hydroxyl groups is 1. The van der Waals surface area contributed by atoms with Crippen LogP contribution in [0.3, 0.4) is 0 Å². The zero-order chi connectivity index (χ0) is 28.0. The molecule has 0 spiro atoms. The van der Waals surface area contributed by atoms with Crippen LogP contribution in [0.15, 0.2) is 53.7 Å². The molecule has 39 heavy (non-hydrogen) atoms. The standard InChI is InChI=1S/C26H29N3O9S/c1-35-26(32)23(15-30)29-25(31)22-5-4-21(28-22)16-11-19(37-17-7-9-36-10-8-17)13-20(12-16)38-18-3-6-24(27-14-18)39(2,33)34/h3-6,11-14,17,23,28,30H,7-10,15H2,1-2H3,(H,29,31)/t23-/m0/s1. The summed E-state index contributed by atoms with van der Waals surface area (Å²) in [6, 6.07) is 10.1. The van der Waals surface area contributed by atoms with Gasteiger partial charge in [-0.3, -0.25) is 4.79 Å². The topological polar surface area (TPSA) is 166 Å². The second-order valence-electron chi connectivity index (χ2n) is 8.85. The summed E-state index contributed by atoms with van der Waals surface area (Å²) in [7, 11) is -2.29. The van der Waals surface area contributed by atoms with Crippen LogP contribution in [0, 0.1) is 0 Å². The number of aromatic amines is 1. The van der Waals surface area contributed by atoms with Crippen LogP contribution in [-0.4, -0.2) is 80.7 Å². The minimum atomic E-state index is -3.45. The third-order valence-electron chi connectivity index (χ3n) is 5.89. The van der Waals surface area contributed by atoms with Crippen molar-refractivity contribution in [1.82, 2.24) is 15.3 Å². The maximum atomic E-state index is 12.6. The van der Waals surface area contributed by atoms with Crippen LogP contribution in [0.1, 0.15) is 23.3 Å². The van der Waals surface area contributed by atoms with Gasteiger partial charge in [0.05, 0.1) is 33.1 Å². The number of esters is 1. The summed E-state index contributed by atoms with van der Waals surface area (Å²) in [6.07, 6.45) is 3.81. The zero-order valence-electron chi connectivity index (χ0n) is 21.4. The Balaban J connectivity index is 1.60. The van der Waals surface area contributed by atoms with E-state index in [9.17, 15) is 23.1 Å². The average molecular weight is 560 g/mol. The summed E-state index contributed by atoms with van der Waals surface area (Å²) in [5, 5.41) is 11.7. The van der Waals surface area contributed by atoms with Crippen LogP contribution in [0.5, 0.6) is 17.2 Å². The lowest BCUT2D eigenvalue weighted by atomic mass is 10.1. The third kappa shape index (κ3) is 7.34. The number of nitrogens with one attached hydrogen (secondary N) is 2. The average Bonchev–Trinajstić information content (AvgIpc) is 3.42. The molecule has 0 saturated carbocycles. The fourth-order valence-corrected chi connectivity index (χ4v) is 4.44. The van der Waals surface area contributed by atoms with Crippen molar-refractivity contribution in [3.05, 3.63) is 54.4 Å². The SMILES string of the molecule is COC(=O)[C@H](CO)NC(=O)c1ccc(-c2cc(Oc3ccc(S(C)(=O)=O)nc3)cc(OC3CCOCC3)c2)[nH]1. The highest BCUT2D eigenvalue weighted by Crippen LogP contribution is 2.33. The third-order valence-corrected chi connectivity index (χ3v) is 6.89. The molecule has 1 amide bonds. The van der Waals surface area contributed by atoms with Gasteiger partial charge in [0, 0.05) is 36.4 Å². The second-order valence-corrected chi connectivity index (χ2v) is 10.8. The molecular formula is C26H29N3O9S. The molecule has 3 N–H and O–H groups in total. The normalized spacial score (nSPS) is 14.8. The van der Waals surface area contributed by atoms with Crippen LogP contribution in [-0.2, 0) is 24.1 Å². The van der Waals surface area contributed by atoms with E-state index < -0.39 is 34.4 Å². The van der Waals surface area contributed by atoms with Crippen molar-refractivity contribution in [3.63, 3.8) is 0 Å². The highest BCUT2D eigenvalue weighted by atomic mass is 32.2. The van der Waals surface area contributed by atoms with Crippen LogP contribution in [0.4, 0.5) is 0 Å². The fraction of sp³-hybridized carbons (Fsp3) is 0.346. The number of ether oxygens (including phenoxy) is 4. The molecule has 0 unspecified atom stereocenters. The number of hydrogen-bond acceptors (Lipinski definition) is 10. The lowest BCUT2D eigenvalue weighted by Gasteiger charge is -2.24. The van der Waals surface area contributed by atoms with Gasteiger partial charge in [-0.1, -0.05) is 0 Å². The first-order valence-corrected chi connectivity index (χ1v) is 14.0. The van der Waals surface area contributed by atoms with Crippen molar-refractivity contribution in [3.8, 4) is 28.5 Å². The number of rotatable bonds is 10. The van der Waals surface area contributed by atoms with Gasteiger partial charge in [-0.2, -0.15) is 0 Å². The molecule has 1 fully saturated rings. The first kappa shape index (κ1) is 28.1. The van der Waals surface area contributed by atoms with Crippen molar-refractivity contribution in [2.45, 2.75) is 30.0 Å². The van der Waals surface area contributed by atoms with E-state index in [2.05, 4.69) is 20.0 Å². The molecule has 13 heteroatoms. The van der Waals surface area contributed by atoms with Gasteiger partial charge in [0.1, 0.15) is 29.0 Å². The van der Waals surface area contributed by atoms with E-state index in [1.807, 2.05) is 0 Å². The number of sulfone groups is 1. The first-order valence-electron chi connectivity index (χ1n) is 12.1. The number of aliphatic hydroxyl groups excluding tert-OH is 1. The number of methoxy groups -OCH3 is 1. The molecule has 0 aliphatic carbocycles. The minimum absolute atomic E-state index is 0.0451. The summed E-state index contributed by atoms with van der Waals surface area (Å²) in [4.78, 5) is 31.3. The number of carbonyl (C=O) groups is 2. The van der Waals surface area contributed by atoms with Crippen molar-refractivity contribution in [2.75, 3.05) is 33.2 Å². The van der Waals surface area contributed by atoms with Crippen LogP contribution < -0.4 is 14.8 Å². The van der Waals surface area contributed by atoms with Gasteiger partial charge in [0.2, 0.25) is 0 Å². The Kier molecular flexibility index (Phi) is 8.84. The Morgan fingerprint density at radius 3 is 2.51 bits per heavy atom. The van der Waals surface area contributed by atoms with E-state index >= 15 is 0 Å². The number of pyridine rings is 1. The largest absolute Gasteiger partial charge is 0.490 e. The van der Waals surface area contributed by atoms with Gasteiger partial charge >= 0.3 is 5.97 Å².